The molecule has 2 N–H and O–H groups in total. The minimum absolute atomic E-state index is 0.0367. The molecule has 1 aromatic heterocycles. The Morgan fingerprint density at radius 2 is 2.41 bits per heavy atom. The lowest BCUT2D eigenvalue weighted by atomic mass is 10.0. The Balaban J connectivity index is 1.82. The number of likely N-dealkylation sites (N-methyl/N-ethyl adjacent to an activating group) is 1. The second kappa shape index (κ2) is 5.84. The molecular weight excluding hydrogens is 220 g/mol. The van der Waals surface area contributed by atoms with Gasteiger partial charge in [0.25, 0.3) is 0 Å². The van der Waals surface area contributed by atoms with E-state index in [-0.39, 0.29) is 17.9 Å². The maximum atomic E-state index is 12.0. The molecule has 1 fully saturated rings. The molecule has 0 radical (unpaired) electrons. The van der Waals surface area contributed by atoms with Crippen LogP contribution < -0.4 is 10.6 Å². The fourth-order valence-corrected chi connectivity index (χ4v) is 1.99. The second-order valence-electron chi connectivity index (χ2n) is 4.16. The molecule has 0 saturated carbocycles. The molecule has 2 unspecified atom stereocenters. The first kappa shape index (κ1) is 12.1. The number of hydrogen-bond donors (Lipinski definition) is 2. The van der Waals surface area contributed by atoms with Gasteiger partial charge >= 0.3 is 0 Å². The standard InChI is InChI=1S/C12H18N2O3/c1-2-13-11-8-17-7-10(11)12(15)14-5-9-3-4-16-6-9/h3-4,6,10-11,13H,2,5,7-8H2,1H3,(H,14,15). The number of nitrogens with one attached hydrogen (secondary N) is 2. The predicted molar refractivity (Wildman–Crippen MR) is 62.3 cm³/mol. The average molecular weight is 238 g/mol. The summed E-state index contributed by atoms with van der Waals surface area (Å²) in [7, 11) is 0. The van der Waals surface area contributed by atoms with Crippen LogP contribution in [-0.2, 0) is 16.1 Å². The minimum Gasteiger partial charge on any atom is -0.472 e. The van der Waals surface area contributed by atoms with Crippen molar-refractivity contribution in [2.24, 2.45) is 5.92 Å². The number of rotatable bonds is 5. The maximum absolute atomic E-state index is 12.0. The van der Waals surface area contributed by atoms with E-state index in [9.17, 15) is 4.79 Å². The Labute approximate surface area is 101 Å². The van der Waals surface area contributed by atoms with Crippen molar-refractivity contribution in [1.82, 2.24) is 10.6 Å². The summed E-state index contributed by atoms with van der Waals surface area (Å²) < 4.78 is 10.3. The molecule has 0 bridgehead atoms. The lowest BCUT2D eigenvalue weighted by molar-refractivity contribution is -0.125. The van der Waals surface area contributed by atoms with Gasteiger partial charge in [-0.3, -0.25) is 4.79 Å². The first-order chi connectivity index (χ1) is 8.31. The van der Waals surface area contributed by atoms with E-state index < -0.39 is 0 Å². The Kier molecular flexibility index (Phi) is 4.17. The Bertz CT molecular complexity index is 351. The average Bonchev–Trinajstić information content (AvgIpc) is 2.97. The third-order valence-corrected chi connectivity index (χ3v) is 2.93. The summed E-state index contributed by atoms with van der Waals surface area (Å²) in [5.74, 6) is -0.0588. The molecule has 1 aromatic rings. The van der Waals surface area contributed by atoms with Gasteiger partial charge < -0.3 is 19.8 Å². The van der Waals surface area contributed by atoms with Gasteiger partial charge in [-0.15, -0.1) is 0 Å². The molecule has 0 aliphatic carbocycles. The highest BCUT2D eigenvalue weighted by atomic mass is 16.5. The van der Waals surface area contributed by atoms with Crippen molar-refractivity contribution in [2.75, 3.05) is 19.8 Å². The zero-order valence-electron chi connectivity index (χ0n) is 9.94. The molecule has 5 nitrogen and oxygen atoms in total. The van der Waals surface area contributed by atoms with Gasteiger partial charge in [-0.1, -0.05) is 6.92 Å². The molecule has 0 spiro atoms. The van der Waals surface area contributed by atoms with Crippen molar-refractivity contribution >= 4 is 5.91 Å². The summed E-state index contributed by atoms with van der Waals surface area (Å²) >= 11 is 0. The lowest BCUT2D eigenvalue weighted by Gasteiger charge is -2.17. The van der Waals surface area contributed by atoms with Gasteiger partial charge in [-0.25, -0.2) is 0 Å². The zero-order valence-corrected chi connectivity index (χ0v) is 9.94. The quantitative estimate of drug-likeness (QED) is 0.785. The number of carbonyl (C=O) groups is 1. The summed E-state index contributed by atoms with van der Waals surface area (Å²) in [6.45, 7) is 4.48. The molecule has 1 aliphatic heterocycles. The van der Waals surface area contributed by atoms with Gasteiger partial charge in [0.15, 0.2) is 0 Å². The maximum Gasteiger partial charge on any atom is 0.227 e. The molecule has 2 rings (SSSR count). The van der Waals surface area contributed by atoms with Crippen LogP contribution in [0.2, 0.25) is 0 Å². The van der Waals surface area contributed by atoms with Crippen molar-refractivity contribution in [1.29, 1.82) is 0 Å². The first-order valence-electron chi connectivity index (χ1n) is 5.91. The highest BCUT2D eigenvalue weighted by molar-refractivity contribution is 5.79. The van der Waals surface area contributed by atoms with Crippen LogP contribution in [0.15, 0.2) is 23.0 Å². The third kappa shape index (κ3) is 3.08. The fraction of sp³-hybridized carbons (Fsp3) is 0.583. The fourth-order valence-electron chi connectivity index (χ4n) is 1.99. The Morgan fingerprint density at radius 3 is 3.12 bits per heavy atom. The number of hydrogen-bond acceptors (Lipinski definition) is 4. The van der Waals surface area contributed by atoms with Gasteiger partial charge in [0.05, 0.1) is 31.7 Å². The molecule has 5 heteroatoms. The SMILES string of the molecule is CCNC1COCC1C(=O)NCc1ccoc1. The normalized spacial score (nSPS) is 23.8. The number of ether oxygens (including phenoxy) is 1. The largest absolute Gasteiger partial charge is 0.472 e. The summed E-state index contributed by atoms with van der Waals surface area (Å²) in [5.41, 5.74) is 0.970. The second-order valence-corrected chi connectivity index (χ2v) is 4.16. The molecule has 1 amide bonds. The van der Waals surface area contributed by atoms with E-state index in [0.717, 1.165) is 12.1 Å². The topological polar surface area (TPSA) is 63.5 Å². The third-order valence-electron chi connectivity index (χ3n) is 2.93. The number of amides is 1. The Hall–Kier alpha value is -1.33. The van der Waals surface area contributed by atoms with E-state index in [4.69, 9.17) is 9.15 Å². The van der Waals surface area contributed by atoms with E-state index in [2.05, 4.69) is 10.6 Å². The van der Waals surface area contributed by atoms with E-state index in [1.165, 1.54) is 0 Å². The van der Waals surface area contributed by atoms with Gasteiger partial charge in [0, 0.05) is 18.2 Å². The summed E-state index contributed by atoms with van der Waals surface area (Å²) in [4.78, 5) is 12.0. The molecule has 1 saturated heterocycles. The van der Waals surface area contributed by atoms with Gasteiger partial charge in [-0.05, 0) is 12.6 Å². The predicted octanol–water partition coefficient (Wildman–Crippen LogP) is 0.520. The van der Waals surface area contributed by atoms with Crippen LogP contribution >= 0.6 is 0 Å². The summed E-state index contributed by atoms with van der Waals surface area (Å²) in [6, 6.07) is 1.97. The molecular formula is C12H18N2O3. The van der Waals surface area contributed by atoms with Crippen LogP contribution in [0.1, 0.15) is 12.5 Å². The van der Waals surface area contributed by atoms with E-state index in [0.29, 0.717) is 19.8 Å². The van der Waals surface area contributed by atoms with Crippen molar-refractivity contribution < 1.29 is 13.9 Å². The summed E-state index contributed by atoms with van der Waals surface area (Å²) in [6.07, 6.45) is 3.23. The van der Waals surface area contributed by atoms with Crippen molar-refractivity contribution in [3.63, 3.8) is 0 Å². The van der Waals surface area contributed by atoms with E-state index in [1.807, 2.05) is 13.0 Å². The van der Waals surface area contributed by atoms with Gasteiger partial charge in [0.1, 0.15) is 0 Å². The summed E-state index contributed by atoms with van der Waals surface area (Å²) in [5, 5.41) is 6.16. The van der Waals surface area contributed by atoms with Crippen LogP contribution in [0.3, 0.4) is 0 Å². The van der Waals surface area contributed by atoms with Crippen LogP contribution in [0.4, 0.5) is 0 Å². The van der Waals surface area contributed by atoms with Gasteiger partial charge in [-0.2, -0.15) is 0 Å². The van der Waals surface area contributed by atoms with Crippen molar-refractivity contribution in [2.45, 2.75) is 19.5 Å². The zero-order chi connectivity index (χ0) is 12.1. The monoisotopic (exact) mass is 238 g/mol. The van der Waals surface area contributed by atoms with Crippen LogP contribution in [0.5, 0.6) is 0 Å². The lowest BCUT2D eigenvalue weighted by Crippen LogP contribution is -2.43. The number of carbonyl (C=O) groups excluding carboxylic acids is 1. The van der Waals surface area contributed by atoms with E-state index in [1.54, 1.807) is 12.5 Å². The van der Waals surface area contributed by atoms with Gasteiger partial charge in [0.2, 0.25) is 5.91 Å². The van der Waals surface area contributed by atoms with Crippen molar-refractivity contribution in [3.05, 3.63) is 24.2 Å². The Morgan fingerprint density at radius 1 is 1.53 bits per heavy atom. The smallest absolute Gasteiger partial charge is 0.227 e. The highest BCUT2D eigenvalue weighted by Crippen LogP contribution is 2.14. The molecule has 2 atom stereocenters. The highest BCUT2D eigenvalue weighted by Gasteiger charge is 2.33. The minimum atomic E-state index is -0.0955. The molecule has 2 heterocycles. The first-order valence-corrected chi connectivity index (χ1v) is 5.91. The van der Waals surface area contributed by atoms with Crippen molar-refractivity contribution in [3.8, 4) is 0 Å². The molecule has 0 aromatic carbocycles. The molecule has 1 aliphatic rings. The molecule has 17 heavy (non-hydrogen) atoms. The van der Waals surface area contributed by atoms with Crippen LogP contribution in [-0.4, -0.2) is 31.7 Å². The van der Waals surface area contributed by atoms with Crippen LogP contribution in [0.25, 0.3) is 0 Å². The molecule has 94 valence electrons. The van der Waals surface area contributed by atoms with E-state index >= 15 is 0 Å². The number of furan rings is 1. The van der Waals surface area contributed by atoms with Crippen LogP contribution in [0, 0.1) is 5.92 Å².